The van der Waals surface area contributed by atoms with Crippen molar-refractivity contribution >= 4 is 35.4 Å². The molecule has 0 fully saturated rings. The first-order valence-corrected chi connectivity index (χ1v) is 7.10. The summed E-state index contributed by atoms with van der Waals surface area (Å²) in [6.07, 6.45) is 1.24. The number of carbonyl (C=O) groups excluding carboxylic acids is 1. The number of hydroxylamine groups is 1. The third kappa shape index (κ3) is 5.37. The van der Waals surface area contributed by atoms with Gasteiger partial charge in [-0.1, -0.05) is 35.3 Å². The van der Waals surface area contributed by atoms with Crippen molar-refractivity contribution in [3.8, 4) is 0 Å². The van der Waals surface area contributed by atoms with Gasteiger partial charge in [0.1, 0.15) is 6.34 Å². The first kappa shape index (κ1) is 16.3. The number of nitrogens with zero attached hydrogens (tertiary/aromatic N) is 1. The molecule has 0 aromatic heterocycles. The second-order valence-corrected chi connectivity index (χ2v) is 5.11. The van der Waals surface area contributed by atoms with E-state index in [0.717, 1.165) is 5.56 Å². The van der Waals surface area contributed by atoms with E-state index in [0.29, 0.717) is 22.2 Å². The summed E-state index contributed by atoms with van der Waals surface area (Å²) < 4.78 is 0. The van der Waals surface area contributed by atoms with Gasteiger partial charge in [0.25, 0.3) is 5.91 Å². The zero-order chi connectivity index (χ0) is 15.8. The first-order chi connectivity index (χ1) is 10.6. The molecule has 22 heavy (non-hydrogen) atoms. The number of hydrogen-bond acceptors (Lipinski definition) is 3. The predicted octanol–water partition coefficient (Wildman–Crippen LogP) is 3.39. The Bertz CT molecular complexity index is 643. The summed E-state index contributed by atoms with van der Waals surface area (Å²) in [5.74, 6) is -0.340. The van der Waals surface area contributed by atoms with Gasteiger partial charge in [-0.15, -0.1) is 0 Å². The number of hydrogen-bond donors (Lipinski definition) is 2. The number of carbonyl (C=O) groups is 1. The minimum Gasteiger partial charge on any atom is -0.270 e. The van der Waals surface area contributed by atoms with Crippen LogP contribution in [0.2, 0.25) is 10.0 Å². The molecule has 2 aromatic rings. The van der Waals surface area contributed by atoms with E-state index in [9.17, 15) is 4.79 Å². The SMILES string of the molecule is O=C(NN=CNOCc1ccc(Cl)cc1)c1ccc(Cl)cc1. The largest absolute Gasteiger partial charge is 0.271 e. The molecule has 2 N–H and O–H groups in total. The number of halogens is 2. The molecule has 0 heterocycles. The minimum absolute atomic E-state index is 0.340. The fourth-order valence-electron chi connectivity index (χ4n) is 1.53. The normalized spacial score (nSPS) is 10.6. The van der Waals surface area contributed by atoms with Crippen LogP contribution in [0.3, 0.4) is 0 Å². The van der Waals surface area contributed by atoms with Gasteiger partial charge in [-0.25, -0.2) is 5.43 Å². The van der Waals surface area contributed by atoms with Crippen molar-refractivity contribution in [1.82, 2.24) is 10.9 Å². The summed E-state index contributed by atoms with van der Waals surface area (Å²) in [7, 11) is 0. The zero-order valence-electron chi connectivity index (χ0n) is 11.4. The van der Waals surface area contributed by atoms with Crippen LogP contribution in [-0.4, -0.2) is 12.2 Å². The molecule has 2 rings (SSSR count). The van der Waals surface area contributed by atoms with E-state index in [1.54, 1.807) is 36.4 Å². The molecule has 0 aliphatic rings. The van der Waals surface area contributed by atoms with Gasteiger partial charge < -0.3 is 0 Å². The summed E-state index contributed by atoms with van der Waals surface area (Å²) in [6.45, 7) is 0.342. The first-order valence-electron chi connectivity index (χ1n) is 6.34. The lowest BCUT2D eigenvalue weighted by Gasteiger charge is -2.03. The summed E-state index contributed by atoms with van der Waals surface area (Å²) >= 11 is 11.5. The zero-order valence-corrected chi connectivity index (χ0v) is 12.9. The fourth-order valence-corrected chi connectivity index (χ4v) is 1.78. The van der Waals surface area contributed by atoms with E-state index in [-0.39, 0.29) is 5.91 Å². The maximum atomic E-state index is 11.7. The maximum absolute atomic E-state index is 11.7. The van der Waals surface area contributed by atoms with E-state index >= 15 is 0 Å². The Morgan fingerprint density at radius 3 is 2.27 bits per heavy atom. The topological polar surface area (TPSA) is 62.7 Å². The van der Waals surface area contributed by atoms with Crippen molar-refractivity contribution in [3.05, 3.63) is 69.7 Å². The third-order valence-corrected chi connectivity index (χ3v) is 3.13. The Balaban J connectivity index is 1.68. The highest BCUT2D eigenvalue weighted by Crippen LogP contribution is 2.10. The molecule has 0 bridgehead atoms. The van der Waals surface area contributed by atoms with Crippen molar-refractivity contribution in [2.45, 2.75) is 6.61 Å². The van der Waals surface area contributed by atoms with Crippen molar-refractivity contribution in [3.63, 3.8) is 0 Å². The Morgan fingerprint density at radius 2 is 1.64 bits per heavy atom. The Hall–Kier alpha value is -2.08. The summed E-state index contributed by atoms with van der Waals surface area (Å²) in [5.41, 5.74) is 6.27. The molecule has 5 nitrogen and oxygen atoms in total. The summed E-state index contributed by atoms with van der Waals surface area (Å²) in [5, 5.41) is 4.94. The molecule has 0 unspecified atom stereocenters. The molecule has 0 aliphatic carbocycles. The van der Waals surface area contributed by atoms with Crippen LogP contribution in [0, 0.1) is 0 Å². The molecule has 2 aromatic carbocycles. The van der Waals surface area contributed by atoms with Gasteiger partial charge in [0.15, 0.2) is 0 Å². The van der Waals surface area contributed by atoms with Crippen LogP contribution in [-0.2, 0) is 11.4 Å². The second-order valence-electron chi connectivity index (χ2n) is 4.24. The van der Waals surface area contributed by atoms with Crippen molar-refractivity contribution in [2.75, 3.05) is 0 Å². The fraction of sp³-hybridized carbons (Fsp3) is 0.0667. The quantitative estimate of drug-likeness (QED) is 0.367. The smallest absolute Gasteiger partial charge is 0.270 e. The second kappa shape index (κ2) is 8.38. The lowest BCUT2D eigenvalue weighted by atomic mass is 10.2. The van der Waals surface area contributed by atoms with E-state index in [1.165, 1.54) is 6.34 Å². The molecule has 0 saturated carbocycles. The lowest BCUT2D eigenvalue weighted by molar-refractivity contribution is 0.0739. The van der Waals surface area contributed by atoms with Gasteiger partial charge >= 0.3 is 0 Å². The average Bonchev–Trinajstić information content (AvgIpc) is 2.53. The standard InChI is InChI=1S/C15H13Cl2N3O2/c16-13-5-1-11(2-6-13)9-22-19-10-18-20-15(21)12-3-7-14(17)8-4-12/h1-8,10H,9H2,(H,18,19)(H,20,21). The molecule has 0 atom stereocenters. The molecule has 0 radical (unpaired) electrons. The van der Waals surface area contributed by atoms with Gasteiger partial charge in [0.2, 0.25) is 0 Å². The van der Waals surface area contributed by atoms with Gasteiger partial charge in [0, 0.05) is 15.6 Å². The van der Waals surface area contributed by atoms with Crippen molar-refractivity contribution in [2.24, 2.45) is 5.10 Å². The van der Waals surface area contributed by atoms with E-state index < -0.39 is 0 Å². The summed E-state index contributed by atoms with van der Waals surface area (Å²) in [4.78, 5) is 16.8. The number of amides is 1. The number of hydrazone groups is 1. The van der Waals surface area contributed by atoms with Crippen LogP contribution < -0.4 is 10.9 Å². The van der Waals surface area contributed by atoms with Crippen LogP contribution in [0.4, 0.5) is 0 Å². The Kier molecular flexibility index (Phi) is 6.21. The van der Waals surface area contributed by atoms with Gasteiger partial charge in [-0.05, 0) is 42.0 Å². The lowest BCUT2D eigenvalue weighted by Crippen LogP contribution is -2.20. The Morgan fingerprint density at radius 1 is 1.05 bits per heavy atom. The molecule has 1 amide bonds. The van der Waals surface area contributed by atoms with E-state index in [2.05, 4.69) is 16.0 Å². The third-order valence-electron chi connectivity index (χ3n) is 2.63. The maximum Gasteiger partial charge on any atom is 0.271 e. The van der Waals surface area contributed by atoms with Crippen LogP contribution in [0.25, 0.3) is 0 Å². The molecular weight excluding hydrogens is 325 g/mol. The van der Waals surface area contributed by atoms with Crippen molar-refractivity contribution in [1.29, 1.82) is 0 Å². The molecular formula is C15H13Cl2N3O2. The van der Waals surface area contributed by atoms with Crippen LogP contribution in [0.1, 0.15) is 15.9 Å². The Labute approximate surface area is 137 Å². The highest BCUT2D eigenvalue weighted by Gasteiger charge is 2.02. The van der Waals surface area contributed by atoms with Crippen molar-refractivity contribution < 1.29 is 9.63 Å². The molecule has 7 heteroatoms. The van der Waals surface area contributed by atoms with Crippen LogP contribution in [0.5, 0.6) is 0 Å². The molecule has 0 aliphatic heterocycles. The number of rotatable bonds is 6. The van der Waals surface area contributed by atoms with Crippen LogP contribution >= 0.6 is 23.2 Å². The molecule has 0 saturated heterocycles. The average molecular weight is 338 g/mol. The van der Waals surface area contributed by atoms with Gasteiger partial charge in [-0.3, -0.25) is 15.1 Å². The number of nitrogens with one attached hydrogen (secondary N) is 2. The highest BCUT2D eigenvalue weighted by molar-refractivity contribution is 6.30. The highest BCUT2D eigenvalue weighted by atomic mass is 35.5. The molecule has 114 valence electrons. The summed E-state index contributed by atoms with van der Waals surface area (Å²) in [6, 6.07) is 13.7. The molecule has 0 spiro atoms. The predicted molar refractivity (Wildman–Crippen MR) is 86.8 cm³/mol. The number of benzene rings is 2. The van der Waals surface area contributed by atoms with Crippen LogP contribution in [0.15, 0.2) is 53.6 Å². The monoisotopic (exact) mass is 337 g/mol. The van der Waals surface area contributed by atoms with Gasteiger partial charge in [-0.2, -0.15) is 5.10 Å². The minimum atomic E-state index is -0.340. The van der Waals surface area contributed by atoms with Gasteiger partial charge in [0.05, 0.1) is 6.61 Å². The van der Waals surface area contributed by atoms with E-state index in [1.807, 2.05) is 12.1 Å². The van der Waals surface area contributed by atoms with E-state index in [4.69, 9.17) is 28.0 Å².